The van der Waals surface area contributed by atoms with E-state index in [9.17, 15) is 4.79 Å². The number of aryl methyl sites for hydroxylation is 1. The Balaban J connectivity index is 2.03. The van der Waals surface area contributed by atoms with Gasteiger partial charge in [0.15, 0.2) is 0 Å². The monoisotopic (exact) mass is 462 g/mol. The van der Waals surface area contributed by atoms with Crippen LogP contribution in [-0.2, 0) is 11.2 Å². The van der Waals surface area contributed by atoms with Gasteiger partial charge in [-0.05, 0) is 93.3 Å². The molecule has 0 spiro atoms. The Labute approximate surface area is 206 Å². The molecule has 1 heterocycles. The standard InChI is InChI=1S/C30H42N2O2/c1-6-7-8-9-15-29(27-16-18-28(34-5)19-17-27)23(2)21-24(3)30(33)32-25(4)12-10-13-26-14-11-20-31-22-26/h11,14,16-22,25H,6-10,12-13,15H2,1-5H3,(H,32,33)/b24-21+,29-23+/t25-/m1/s1. The molecule has 1 aromatic heterocycles. The number of carbonyl (C=O) groups excluding carboxylic acids is 1. The Morgan fingerprint density at radius 3 is 2.50 bits per heavy atom. The van der Waals surface area contributed by atoms with Crippen molar-refractivity contribution >= 4 is 11.5 Å². The van der Waals surface area contributed by atoms with Gasteiger partial charge in [0, 0.05) is 24.0 Å². The van der Waals surface area contributed by atoms with E-state index in [1.165, 1.54) is 36.0 Å². The molecular weight excluding hydrogens is 420 g/mol. The van der Waals surface area contributed by atoms with Crippen LogP contribution in [0.1, 0.15) is 83.8 Å². The van der Waals surface area contributed by atoms with Crippen molar-refractivity contribution < 1.29 is 9.53 Å². The number of hydrogen-bond donors (Lipinski definition) is 1. The first kappa shape index (κ1) is 27.4. The van der Waals surface area contributed by atoms with Gasteiger partial charge in [-0.25, -0.2) is 0 Å². The van der Waals surface area contributed by atoms with Crippen LogP contribution < -0.4 is 10.1 Å². The van der Waals surface area contributed by atoms with Gasteiger partial charge in [-0.1, -0.05) is 50.5 Å². The number of pyridine rings is 1. The molecule has 0 aliphatic heterocycles. The lowest BCUT2D eigenvalue weighted by Crippen LogP contribution is -2.33. The maximum atomic E-state index is 12.8. The average molecular weight is 463 g/mol. The molecule has 2 aromatic rings. The molecule has 0 fully saturated rings. The average Bonchev–Trinajstić information content (AvgIpc) is 2.84. The van der Waals surface area contributed by atoms with Crippen LogP contribution in [0.4, 0.5) is 0 Å². The summed E-state index contributed by atoms with van der Waals surface area (Å²) in [6, 6.07) is 12.4. The third kappa shape index (κ3) is 9.54. The van der Waals surface area contributed by atoms with Gasteiger partial charge in [-0.15, -0.1) is 0 Å². The van der Waals surface area contributed by atoms with Crippen molar-refractivity contribution in [1.82, 2.24) is 10.3 Å². The van der Waals surface area contributed by atoms with E-state index in [1.54, 1.807) is 13.3 Å². The summed E-state index contributed by atoms with van der Waals surface area (Å²) >= 11 is 0. The lowest BCUT2D eigenvalue weighted by atomic mass is 9.94. The van der Waals surface area contributed by atoms with Crippen molar-refractivity contribution in [3.63, 3.8) is 0 Å². The van der Waals surface area contributed by atoms with Crippen LogP contribution in [0.15, 0.2) is 66.0 Å². The first-order valence-electron chi connectivity index (χ1n) is 12.7. The fourth-order valence-electron chi connectivity index (χ4n) is 4.14. The van der Waals surface area contributed by atoms with Gasteiger partial charge in [-0.3, -0.25) is 9.78 Å². The highest BCUT2D eigenvalue weighted by molar-refractivity contribution is 5.94. The highest BCUT2D eigenvalue weighted by Crippen LogP contribution is 2.28. The zero-order valence-corrected chi connectivity index (χ0v) is 21.7. The quantitative estimate of drug-likeness (QED) is 0.182. The highest BCUT2D eigenvalue weighted by atomic mass is 16.5. The normalized spacial score (nSPS) is 13.3. The molecule has 184 valence electrons. The van der Waals surface area contributed by atoms with Gasteiger partial charge in [0.2, 0.25) is 5.91 Å². The number of amides is 1. The van der Waals surface area contributed by atoms with Gasteiger partial charge in [0.05, 0.1) is 7.11 Å². The fourth-order valence-corrected chi connectivity index (χ4v) is 4.14. The first-order chi connectivity index (χ1) is 16.4. The number of hydrogen-bond acceptors (Lipinski definition) is 3. The van der Waals surface area contributed by atoms with E-state index in [-0.39, 0.29) is 11.9 Å². The van der Waals surface area contributed by atoms with E-state index in [2.05, 4.69) is 49.3 Å². The second kappa shape index (κ2) is 15.1. The number of nitrogens with one attached hydrogen (secondary N) is 1. The Hall–Kier alpha value is -2.88. The molecular formula is C30H42N2O2. The minimum atomic E-state index is 0.00768. The molecule has 0 unspecified atom stereocenters. The van der Waals surface area contributed by atoms with Crippen LogP contribution in [0.2, 0.25) is 0 Å². The molecule has 4 heteroatoms. The summed E-state index contributed by atoms with van der Waals surface area (Å²) in [7, 11) is 1.69. The Kier molecular flexibility index (Phi) is 12.2. The summed E-state index contributed by atoms with van der Waals surface area (Å²) in [6.07, 6.45) is 14.6. The molecule has 0 aliphatic rings. The van der Waals surface area contributed by atoms with E-state index in [4.69, 9.17) is 4.74 Å². The number of rotatable bonds is 14. The zero-order valence-electron chi connectivity index (χ0n) is 21.7. The number of aromatic nitrogens is 1. The lowest BCUT2D eigenvalue weighted by Gasteiger charge is -2.15. The summed E-state index contributed by atoms with van der Waals surface area (Å²) in [6.45, 7) is 8.33. The van der Waals surface area contributed by atoms with Crippen molar-refractivity contribution in [3.05, 3.63) is 77.1 Å². The number of nitrogens with zero attached hydrogens (tertiary/aromatic N) is 1. The molecule has 1 amide bonds. The predicted molar refractivity (Wildman–Crippen MR) is 143 cm³/mol. The van der Waals surface area contributed by atoms with E-state index in [1.807, 2.05) is 37.4 Å². The van der Waals surface area contributed by atoms with E-state index >= 15 is 0 Å². The number of methoxy groups -OCH3 is 1. The van der Waals surface area contributed by atoms with Gasteiger partial charge in [0.1, 0.15) is 5.75 Å². The van der Waals surface area contributed by atoms with E-state index in [0.29, 0.717) is 0 Å². The number of unbranched alkanes of at least 4 members (excludes halogenated alkanes) is 3. The lowest BCUT2D eigenvalue weighted by molar-refractivity contribution is -0.118. The maximum Gasteiger partial charge on any atom is 0.247 e. The van der Waals surface area contributed by atoms with E-state index < -0.39 is 0 Å². The molecule has 2 rings (SSSR count). The van der Waals surface area contributed by atoms with Crippen molar-refractivity contribution in [2.75, 3.05) is 7.11 Å². The second-order valence-corrected chi connectivity index (χ2v) is 9.16. The zero-order chi connectivity index (χ0) is 24.8. The summed E-state index contributed by atoms with van der Waals surface area (Å²) in [5.74, 6) is 0.864. The molecule has 34 heavy (non-hydrogen) atoms. The molecule has 1 atom stereocenters. The van der Waals surface area contributed by atoms with Crippen LogP contribution >= 0.6 is 0 Å². The van der Waals surface area contributed by atoms with Crippen molar-refractivity contribution in [2.24, 2.45) is 0 Å². The van der Waals surface area contributed by atoms with Crippen LogP contribution in [-0.4, -0.2) is 24.0 Å². The minimum absolute atomic E-state index is 0.00768. The Morgan fingerprint density at radius 1 is 1.09 bits per heavy atom. The number of benzene rings is 1. The smallest absolute Gasteiger partial charge is 0.247 e. The van der Waals surface area contributed by atoms with Crippen LogP contribution in [0.5, 0.6) is 5.75 Å². The van der Waals surface area contributed by atoms with Gasteiger partial charge in [-0.2, -0.15) is 0 Å². The Morgan fingerprint density at radius 2 is 1.85 bits per heavy atom. The van der Waals surface area contributed by atoms with Crippen molar-refractivity contribution in [1.29, 1.82) is 0 Å². The largest absolute Gasteiger partial charge is 0.497 e. The Bertz CT molecular complexity index is 930. The fraction of sp³-hybridized carbons (Fsp3) is 0.467. The van der Waals surface area contributed by atoms with Crippen LogP contribution in [0.25, 0.3) is 5.57 Å². The second-order valence-electron chi connectivity index (χ2n) is 9.16. The number of carbonyl (C=O) groups is 1. The van der Waals surface area contributed by atoms with Crippen molar-refractivity contribution in [3.8, 4) is 5.75 Å². The van der Waals surface area contributed by atoms with Crippen LogP contribution in [0, 0.1) is 0 Å². The van der Waals surface area contributed by atoms with E-state index in [0.717, 1.165) is 49.0 Å². The molecule has 4 nitrogen and oxygen atoms in total. The number of ether oxygens (including phenoxy) is 1. The third-order valence-electron chi connectivity index (χ3n) is 6.19. The molecule has 0 saturated heterocycles. The van der Waals surface area contributed by atoms with Gasteiger partial charge < -0.3 is 10.1 Å². The summed E-state index contributed by atoms with van der Waals surface area (Å²) in [4.78, 5) is 17.0. The maximum absolute atomic E-state index is 12.8. The van der Waals surface area contributed by atoms with Crippen molar-refractivity contribution in [2.45, 2.75) is 85.1 Å². The SMILES string of the molecule is CCCCCC/C(=C(C)\C=C(/C)C(=O)N[C@H](C)CCCc1cccnc1)c1ccc(OC)cc1. The van der Waals surface area contributed by atoms with Crippen LogP contribution in [0.3, 0.4) is 0 Å². The van der Waals surface area contributed by atoms with Gasteiger partial charge >= 0.3 is 0 Å². The topological polar surface area (TPSA) is 51.2 Å². The third-order valence-corrected chi connectivity index (χ3v) is 6.19. The molecule has 0 bridgehead atoms. The predicted octanol–water partition coefficient (Wildman–Crippen LogP) is 7.31. The highest BCUT2D eigenvalue weighted by Gasteiger charge is 2.11. The molecule has 1 N–H and O–H groups in total. The summed E-state index contributed by atoms with van der Waals surface area (Å²) in [5, 5.41) is 3.16. The first-order valence-corrected chi connectivity index (χ1v) is 12.7. The molecule has 0 aliphatic carbocycles. The molecule has 0 radical (unpaired) electrons. The summed E-state index contributed by atoms with van der Waals surface area (Å²) in [5.41, 5.74) is 5.64. The number of allylic oxidation sites excluding steroid dienone is 3. The molecule has 1 aromatic carbocycles. The van der Waals surface area contributed by atoms with Gasteiger partial charge in [0.25, 0.3) is 0 Å². The summed E-state index contributed by atoms with van der Waals surface area (Å²) < 4.78 is 5.32. The molecule has 0 saturated carbocycles. The minimum Gasteiger partial charge on any atom is -0.497 e.